The zero-order valence-corrected chi connectivity index (χ0v) is 28.2. The molecule has 4 aromatic carbocycles. The number of aliphatic hydroxyl groups is 1. The second-order valence-corrected chi connectivity index (χ2v) is 14.2. The molecule has 0 aliphatic carbocycles. The highest BCUT2D eigenvalue weighted by atomic mass is 79.9. The lowest BCUT2D eigenvalue weighted by Crippen LogP contribution is -2.53. The number of carbonyl (C=O) groups excluding carboxylic acids is 1. The van der Waals surface area contributed by atoms with Crippen LogP contribution in [-0.2, 0) is 25.9 Å². The molecule has 6 rings (SSSR count). The van der Waals surface area contributed by atoms with E-state index in [-0.39, 0.29) is 42.9 Å². The average molecular weight is 737 g/mol. The van der Waals surface area contributed by atoms with Crippen molar-refractivity contribution >= 4 is 37.6 Å². The van der Waals surface area contributed by atoms with Gasteiger partial charge in [0.2, 0.25) is 12.7 Å². The van der Waals surface area contributed by atoms with E-state index in [1.165, 1.54) is 12.1 Å². The van der Waals surface area contributed by atoms with Gasteiger partial charge in [0.25, 0.3) is 5.91 Å². The van der Waals surface area contributed by atoms with Gasteiger partial charge in [0, 0.05) is 41.6 Å². The second-order valence-electron chi connectivity index (χ2n) is 11.2. The number of rotatable bonds is 14. The van der Waals surface area contributed by atoms with Gasteiger partial charge in [-0.15, -0.1) is 0 Å². The van der Waals surface area contributed by atoms with Gasteiger partial charge >= 0.3 is 0 Å². The number of benzene rings is 4. The molecule has 2 aliphatic rings. The minimum Gasteiger partial charge on any atom is -0.494 e. The van der Waals surface area contributed by atoms with Gasteiger partial charge in [0.1, 0.15) is 5.75 Å². The Labute approximate surface area is 286 Å². The number of ether oxygens (including phenoxy) is 4. The molecule has 0 saturated carbocycles. The van der Waals surface area contributed by atoms with Crippen molar-refractivity contribution in [2.45, 2.75) is 35.9 Å². The van der Waals surface area contributed by atoms with E-state index in [1.807, 2.05) is 36.4 Å². The van der Waals surface area contributed by atoms with Crippen LogP contribution >= 0.6 is 15.9 Å². The number of sulfone groups is 1. The standard InChI is InChI=1S/C35H34BrN3O8S/c36-29-10-5-4-9-28(29)32-35(17-20-48(42,43)27-7-2-1-3-8-27,34(41)39-37-22-24-11-16-30-31(21-24)46-23-45-30)38-33(47-32)25-12-14-26(15-13-25)44-19-6-18-40/h1-5,7-16,21,32,37,40H,6,17-20,22-23H2,(H,39,41)/t32-,35-/m0/s1. The Kier molecular flexibility index (Phi) is 10.3. The molecule has 3 N–H and O–H groups in total. The van der Waals surface area contributed by atoms with Crippen LogP contribution in [0.25, 0.3) is 0 Å². The van der Waals surface area contributed by atoms with Crippen LogP contribution < -0.4 is 25.1 Å². The van der Waals surface area contributed by atoms with Gasteiger partial charge in [0.15, 0.2) is 33.0 Å². The molecule has 250 valence electrons. The molecule has 48 heavy (non-hydrogen) atoms. The number of halogens is 1. The maximum atomic E-state index is 14.4. The number of aliphatic hydroxyl groups excluding tert-OH is 1. The summed E-state index contributed by atoms with van der Waals surface area (Å²) in [5, 5.41) is 9.07. The van der Waals surface area contributed by atoms with Crippen molar-refractivity contribution < 1.29 is 37.3 Å². The number of nitrogens with zero attached hydrogens (tertiary/aromatic N) is 1. The monoisotopic (exact) mass is 735 g/mol. The molecule has 11 nitrogen and oxygen atoms in total. The first kappa shape index (κ1) is 33.5. The summed E-state index contributed by atoms with van der Waals surface area (Å²) in [7, 11) is -3.80. The molecule has 0 bridgehead atoms. The Morgan fingerprint density at radius 3 is 2.50 bits per heavy atom. The molecule has 0 fully saturated rings. The third kappa shape index (κ3) is 7.34. The summed E-state index contributed by atoms with van der Waals surface area (Å²) in [6.07, 6.45) is -0.668. The number of carbonyl (C=O) groups is 1. The number of hydrogen-bond acceptors (Lipinski definition) is 10. The van der Waals surface area contributed by atoms with Crippen molar-refractivity contribution in [1.82, 2.24) is 10.9 Å². The van der Waals surface area contributed by atoms with Crippen LogP contribution in [0.5, 0.6) is 17.2 Å². The highest BCUT2D eigenvalue weighted by Crippen LogP contribution is 2.45. The maximum absolute atomic E-state index is 14.4. The fourth-order valence-corrected chi connectivity index (χ4v) is 7.34. The van der Waals surface area contributed by atoms with Crippen LogP contribution in [0.1, 0.15) is 35.6 Å². The lowest BCUT2D eigenvalue weighted by Gasteiger charge is -2.31. The minimum atomic E-state index is -3.80. The quantitative estimate of drug-likeness (QED) is 0.122. The van der Waals surface area contributed by atoms with Crippen molar-refractivity contribution in [2.75, 3.05) is 25.8 Å². The van der Waals surface area contributed by atoms with Crippen LogP contribution in [0.15, 0.2) is 111 Å². The lowest BCUT2D eigenvalue weighted by atomic mass is 9.85. The van der Waals surface area contributed by atoms with E-state index < -0.39 is 27.4 Å². The summed E-state index contributed by atoms with van der Waals surface area (Å²) in [5.41, 5.74) is 6.11. The van der Waals surface area contributed by atoms with Gasteiger partial charge in [0.05, 0.1) is 17.3 Å². The van der Waals surface area contributed by atoms with Gasteiger partial charge in [-0.25, -0.2) is 18.8 Å². The number of nitrogens with one attached hydrogen (secondary N) is 2. The molecule has 0 aromatic heterocycles. The van der Waals surface area contributed by atoms with Crippen LogP contribution in [-0.4, -0.2) is 56.6 Å². The van der Waals surface area contributed by atoms with Crippen molar-refractivity contribution in [1.29, 1.82) is 0 Å². The molecular formula is C35H34BrN3O8S. The molecule has 4 aromatic rings. The number of hydrazine groups is 1. The molecule has 13 heteroatoms. The Morgan fingerprint density at radius 2 is 1.73 bits per heavy atom. The zero-order valence-electron chi connectivity index (χ0n) is 25.8. The van der Waals surface area contributed by atoms with Crippen LogP contribution in [0.4, 0.5) is 0 Å². The van der Waals surface area contributed by atoms with Gasteiger partial charge < -0.3 is 24.1 Å². The van der Waals surface area contributed by atoms with Crippen LogP contribution in [0, 0.1) is 0 Å². The van der Waals surface area contributed by atoms with E-state index in [0.717, 1.165) is 5.56 Å². The molecule has 2 atom stereocenters. The predicted octanol–water partition coefficient (Wildman–Crippen LogP) is 4.88. The summed E-state index contributed by atoms with van der Waals surface area (Å²) in [6.45, 7) is 0.772. The highest BCUT2D eigenvalue weighted by molar-refractivity contribution is 9.10. The second kappa shape index (κ2) is 14.8. The predicted molar refractivity (Wildman–Crippen MR) is 182 cm³/mol. The highest BCUT2D eigenvalue weighted by Gasteiger charge is 2.54. The smallest absolute Gasteiger partial charge is 0.266 e. The van der Waals surface area contributed by atoms with E-state index in [9.17, 15) is 13.2 Å². The topological polar surface area (TPSA) is 145 Å². The number of fused-ring (bicyclic) bond motifs is 1. The summed E-state index contributed by atoms with van der Waals surface area (Å²) in [6, 6.07) is 27.9. The van der Waals surface area contributed by atoms with E-state index in [0.29, 0.717) is 45.9 Å². The van der Waals surface area contributed by atoms with E-state index in [1.54, 1.807) is 48.5 Å². The van der Waals surface area contributed by atoms with Gasteiger partial charge in [-0.2, -0.15) is 0 Å². The molecule has 2 heterocycles. The molecule has 0 radical (unpaired) electrons. The Morgan fingerprint density at radius 1 is 0.979 bits per heavy atom. The first-order valence-corrected chi connectivity index (χ1v) is 17.8. The van der Waals surface area contributed by atoms with Crippen LogP contribution in [0.3, 0.4) is 0 Å². The third-order valence-corrected chi connectivity index (χ3v) is 10.5. The SMILES string of the molecule is O=C(NNCc1ccc2c(c1)OCO2)[C@@]1(CCS(=O)(=O)c2ccccc2)N=C(c2ccc(OCCCO)cc2)O[C@H]1c1ccccc1Br. The van der Waals surface area contributed by atoms with E-state index in [2.05, 4.69) is 26.8 Å². The number of hydrogen-bond donors (Lipinski definition) is 3. The van der Waals surface area contributed by atoms with Gasteiger partial charge in [-0.3, -0.25) is 10.2 Å². The van der Waals surface area contributed by atoms with Crippen LogP contribution in [0.2, 0.25) is 0 Å². The largest absolute Gasteiger partial charge is 0.494 e. The minimum absolute atomic E-state index is 0.0227. The fraction of sp³-hybridized carbons (Fsp3) is 0.257. The van der Waals surface area contributed by atoms with Crippen molar-refractivity contribution in [2.24, 2.45) is 4.99 Å². The average Bonchev–Trinajstić information content (AvgIpc) is 3.74. The first-order chi connectivity index (χ1) is 23.3. The van der Waals surface area contributed by atoms with Crippen molar-refractivity contribution in [3.8, 4) is 17.2 Å². The fourth-order valence-electron chi connectivity index (χ4n) is 5.46. The number of aliphatic imine (C=N–C) groups is 1. The summed E-state index contributed by atoms with van der Waals surface area (Å²) >= 11 is 3.60. The number of amides is 1. The summed E-state index contributed by atoms with van der Waals surface area (Å²) < 4.78 is 50.8. The summed E-state index contributed by atoms with van der Waals surface area (Å²) in [4.78, 5) is 19.5. The van der Waals surface area contributed by atoms with Gasteiger partial charge in [-0.1, -0.05) is 58.4 Å². The van der Waals surface area contributed by atoms with E-state index in [4.69, 9.17) is 29.0 Å². The first-order valence-electron chi connectivity index (χ1n) is 15.3. The Hall–Kier alpha value is -4.43. The van der Waals surface area contributed by atoms with E-state index >= 15 is 0 Å². The molecular weight excluding hydrogens is 702 g/mol. The molecule has 0 saturated heterocycles. The maximum Gasteiger partial charge on any atom is 0.266 e. The molecule has 2 aliphatic heterocycles. The van der Waals surface area contributed by atoms with Crippen molar-refractivity contribution in [3.05, 3.63) is 118 Å². The zero-order chi connectivity index (χ0) is 33.6. The molecule has 1 amide bonds. The summed E-state index contributed by atoms with van der Waals surface area (Å²) in [5.74, 6) is 1.10. The normalized spacial score (nSPS) is 18.2. The van der Waals surface area contributed by atoms with Crippen molar-refractivity contribution in [3.63, 3.8) is 0 Å². The molecule has 0 spiro atoms. The third-order valence-electron chi connectivity index (χ3n) is 8.00. The Bertz CT molecular complexity index is 1890. The van der Waals surface area contributed by atoms with Gasteiger partial charge in [-0.05, 0) is 60.2 Å². The Balaban J connectivity index is 1.34. The lowest BCUT2D eigenvalue weighted by molar-refractivity contribution is -0.130. The molecule has 0 unspecified atom stereocenters.